The van der Waals surface area contributed by atoms with Gasteiger partial charge in [0.1, 0.15) is 0 Å². The first-order valence-electron chi connectivity index (χ1n) is 8.81. The lowest BCUT2D eigenvalue weighted by molar-refractivity contribution is -0.127. The number of amides is 1. The Bertz CT molecular complexity index is 791. The Hall–Kier alpha value is -1.75. The van der Waals surface area contributed by atoms with E-state index in [-0.39, 0.29) is 5.91 Å². The molecule has 5 heteroatoms. The summed E-state index contributed by atoms with van der Waals surface area (Å²) in [6.45, 7) is 2.07. The number of carbonyl (C=O) groups is 1. The molecule has 2 aliphatic rings. The summed E-state index contributed by atoms with van der Waals surface area (Å²) in [4.78, 5) is 22.8. The Morgan fingerprint density at radius 3 is 3.00 bits per heavy atom. The summed E-state index contributed by atoms with van der Waals surface area (Å²) in [6.07, 6.45) is 9.20. The van der Waals surface area contributed by atoms with Gasteiger partial charge in [0.2, 0.25) is 5.91 Å². The van der Waals surface area contributed by atoms with Crippen LogP contribution in [0.2, 0.25) is 0 Å². The lowest BCUT2D eigenvalue weighted by Crippen LogP contribution is -2.34. The van der Waals surface area contributed by atoms with Crippen LogP contribution in [0.25, 0.3) is 11.0 Å². The second kappa shape index (κ2) is 6.63. The number of aromatic nitrogens is 2. The molecule has 1 amide bonds. The van der Waals surface area contributed by atoms with Crippen molar-refractivity contribution in [2.75, 3.05) is 5.75 Å². The number of benzene rings is 1. The van der Waals surface area contributed by atoms with Crippen LogP contribution in [-0.4, -0.2) is 32.6 Å². The van der Waals surface area contributed by atoms with Crippen molar-refractivity contribution in [2.24, 2.45) is 0 Å². The number of imidazole rings is 1. The highest BCUT2D eigenvalue weighted by molar-refractivity contribution is 7.99. The van der Waals surface area contributed by atoms with Crippen LogP contribution in [0.5, 0.6) is 0 Å². The first-order valence-corrected chi connectivity index (χ1v) is 9.79. The number of carbonyl (C=O) groups excluding carboxylic acids is 1. The summed E-state index contributed by atoms with van der Waals surface area (Å²) in [5.74, 6) is 0.680. The molecule has 1 aromatic carbocycles. The molecular formula is C19H23N3OS. The van der Waals surface area contributed by atoms with Crippen molar-refractivity contribution < 1.29 is 4.79 Å². The summed E-state index contributed by atoms with van der Waals surface area (Å²) >= 11 is 1.51. The van der Waals surface area contributed by atoms with Crippen LogP contribution in [0.4, 0.5) is 0 Å². The van der Waals surface area contributed by atoms with Crippen LogP contribution in [0.15, 0.2) is 35.1 Å². The number of H-pyrrole nitrogens is 1. The number of rotatable bonds is 5. The minimum Gasteiger partial charge on any atom is -0.333 e. The standard InChI is InChI=1S/C19H23N3OS/c1-13-7-10-16-17(11-13)21-19(20-16)24-12-18(23)22(15-8-9-15)14-5-3-2-4-6-14/h5,7,10-11,15H,2-4,6,8-9,12H2,1H3,(H,20,21). The van der Waals surface area contributed by atoms with E-state index in [0.717, 1.165) is 41.9 Å². The van der Waals surface area contributed by atoms with Gasteiger partial charge in [-0.25, -0.2) is 4.98 Å². The Morgan fingerprint density at radius 2 is 2.25 bits per heavy atom. The molecule has 0 spiro atoms. The van der Waals surface area contributed by atoms with Crippen molar-refractivity contribution in [1.82, 2.24) is 14.9 Å². The largest absolute Gasteiger partial charge is 0.333 e. The summed E-state index contributed by atoms with van der Waals surface area (Å²) < 4.78 is 0. The number of allylic oxidation sites excluding steroid dienone is 2. The maximum absolute atomic E-state index is 12.8. The molecular weight excluding hydrogens is 318 g/mol. The topological polar surface area (TPSA) is 49.0 Å². The number of nitrogens with zero attached hydrogens (tertiary/aromatic N) is 2. The molecule has 1 saturated carbocycles. The first kappa shape index (κ1) is 15.8. The van der Waals surface area contributed by atoms with Gasteiger partial charge in [0.15, 0.2) is 5.16 Å². The van der Waals surface area contributed by atoms with E-state index < -0.39 is 0 Å². The number of hydrogen-bond donors (Lipinski definition) is 1. The van der Waals surface area contributed by atoms with Gasteiger partial charge in [-0.15, -0.1) is 0 Å². The Labute approximate surface area is 146 Å². The molecule has 0 unspecified atom stereocenters. The lowest BCUT2D eigenvalue weighted by Gasteiger charge is -2.27. The Balaban J connectivity index is 1.45. The normalized spacial score (nSPS) is 17.8. The van der Waals surface area contributed by atoms with Gasteiger partial charge >= 0.3 is 0 Å². The smallest absolute Gasteiger partial charge is 0.237 e. The van der Waals surface area contributed by atoms with Crippen molar-refractivity contribution >= 4 is 28.7 Å². The fourth-order valence-corrected chi connectivity index (χ4v) is 4.08. The second-order valence-corrected chi connectivity index (χ2v) is 7.75. The molecule has 0 atom stereocenters. The van der Waals surface area contributed by atoms with Gasteiger partial charge in [0, 0.05) is 11.7 Å². The number of thioether (sulfide) groups is 1. The van der Waals surface area contributed by atoms with Crippen LogP contribution >= 0.6 is 11.8 Å². The molecule has 0 bridgehead atoms. The molecule has 0 aliphatic heterocycles. The maximum Gasteiger partial charge on any atom is 0.237 e. The van der Waals surface area contributed by atoms with E-state index in [1.54, 1.807) is 0 Å². The van der Waals surface area contributed by atoms with E-state index >= 15 is 0 Å². The zero-order valence-electron chi connectivity index (χ0n) is 14.0. The number of hydrogen-bond acceptors (Lipinski definition) is 3. The van der Waals surface area contributed by atoms with Crippen molar-refractivity contribution in [3.05, 3.63) is 35.5 Å². The highest BCUT2D eigenvalue weighted by atomic mass is 32.2. The average molecular weight is 341 g/mol. The van der Waals surface area contributed by atoms with Crippen molar-refractivity contribution in [2.45, 2.75) is 56.6 Å². The highest BCUT2D eigenvalue weighted by Gasteiger charge is 2.34. The minimum absolute atomic E-state index is 0.229. The van der Waals surface area contributed by atoms with Crippen LogP contribution < -0.4 is 0 Å². The number of fused-ring (bicyclic) bond motifs is 1. The average Bonchev–Trinajstić information content (AvgIpc) is 3.33. The van der Waals surface area contributed by atoms with Crippen LogP contribution in [0.1, 0.15) is 44.1 Å². The molecule has 1 heterocycles. The summed E-state index contributed by atoms with van der Waals surface area (Å²) in [6, 6.07) is 6.63. The fraction of sp³-hybridized carbons (Fsp3) is 0.474. The van der Waals surface area contributed by atoms with Gasteiger partial charge in [0.25, 0.3) is 0 Å². The van der Waals surface area contributed by atoms with E-state index in [4.69, 9.17) is 0 Å². The van der Waals surface area contributed by atoms with E-state index in [1.165, 1.54) is 35.9 Å². The number of aromatic amines is 1. The summed E-state index contributed by atoms with van der Waals surface area (Å²) in [7, 11) is 0. The van der Waals surface area contributed by atoms with Crippen LogP contribution in [0, 0.1) is 6.92 Å². The molecule has 1 fully saturated rings. The Morgan fingerprint density at radius 1 is 1.38 bits per heavy atom. The molecule has 2 aromatic rings. The van der Waals surface area contributed by atoms with Gasteiger partial charge in [-0.05, 0) is 63.1 Å². The summed E-state index contributed by atoms with van der Waals surface area (Å²) in [5.41, 5.74) is 4.47. The highest BCUT2D eigenvalue weighted by Crippen LogP contribution is 2.34. The number of aryl methyl sites for hydroxylation is 1. The lowest BCUT2D eigenvalue weighted by atomic mass is 10.0. The van der Waals surface area contributed by atoms with Crippen molar-refractivity contribution in [3.63, 3.8) is 0 Å². The third-order valence-corrected chi connectivity index (χ3v) is 5.56. The maximum atomic E-state index is 12.8. The van der Waals surface area contributed by atoms with Gasteiger partial charge in [0.05, 0.1) is 16.8 Å². The molecule has 24 heavy (non-hydrogen) atoms. The van der Waals surface area contributed by atoms with Gasteiger partial charge in [-0.2, -0.15) is 0 Å². The third-order valence-electron chi connectivity index (χ3n) is 4.71. The zero-order chi connectivity index (χ0) is 16.5. The quantitative estimate of drug-likeness (QED) is 0.819. The van der Waals surface area contributed by atoms with Crippen LogP contribution in [0.3, 0.4) is 0 Å². The van der Waals surface area contributed by atoms with E-state index in [2.05, 4.69) is 40.0 Å². The first-order chi connectivity index (χ1) is 11.7. The van der Waals surface area contributed by atoms with Gasteiger partial charge < -0.3 is 9.88 Å². The molecule has 0 saturated heterocycles. The second-order valence-electron chi connectivity index (χ2n) is 6.79. The predicted molar refractivity (Wildman–Crippen MR) is 98.0 cm³/mol. The van der Waals surface area contributed by atoms with Crippen LogP contribution in [-0.2, 0) is 4.79 Å². The molecule has 126 valence electrons. The molecule has 4 rings (SSSR count). The fourth-order valence-electron chi connectivity index (χ4n) is 3.34. The third kappa shape index (κ3) is 3.36. The van der Waals surface area contributed by atoms with Crippen molar-refractivity contribution in [3.8, 4) is 0 Å². The summed E-state index contributed by atoms with van der Waals surface area (Å²) in [5, 5.41) is 0.831. The monoisotopic (exact) mass is 341 g/mol. The molecule has 1 aromatic heterocycles. The molecule has 4 nitrogen and oxygen atoms in total. The Kier molecular flexibility index (Phi) is 4.35. The van der Waals surface area contributed by atoms with E-state index in [0.29, 0.717) is 11.8 Å². The van der Waals surface area contributed by atoms with Gasteiger partial charge in [-0.3, -0.25) is 4.79 Å². The van der Waals surface area contributed by atoms with E-state index in [1.807, 2.05) is 6.07 Å². The molecule has 0 radical (unpaired) electrons. The van der Waals surface area contributed by atoms with E-state index in [9.17, 15) is 4.79 Å². The molecule has 2 aliphatic carbocycles. The predicted octanol–water partition coefficient (Wildman–Crippen LogP) is 4.41. The number of nitrogens with one attached hydrogen (secondary N) is 1. The van der Waals surface area contributed by atoms with Gasteiger partial charge in [-0.1, -0.05) is 23.9 Å². The molecule has 1 N–H and O–H groups in total. The SMILES string of the molecule is Cc1ccc2nc(SCC(=O)N(C3=CCCCC3)C3CC3)[nH]c2c1. The van der Waals surface area contributed by atoms with Crippen molar-refractivity contribution in [1.29, 1.82) is 0 Å². The zero-order valence-corrected chi connectivity index (χ0v) is 14.9. The minimum atomic E-state index is 0.229.